The van der Waals surface area contributed by atoms with E-state index in [9.17, 15) is 4.79 Å². The Labute approximate surface area is 128 Å². The highest BCUT2D eigenvalue weighted by atomic mass is 16.2. The van der Waals surface area contributed by atoms with E-state index in [-0.39, 0.29) is 18.0 Å². The predicted molar refractivity (Wildman–Crippen MR) is 88.7 cm³/mol. The van der Waals surface area contributed by atoms with Gasteiger partial charge in [-0.3, -0.25) is 4.79 Å². The van der Waals surface area contributed by atoms with Gasteiger partial charge in [0.25, 0.3) is 0 Å². The lowest BCUT2D eigenvalue weighted by Gasteiger charge is -2.24. The van der Waals surface area contributed by atoms with Gasteiger partial charge in [-0.1, -0.05) is 26.0 Å². The highest BCUT2D eigenvalue weighted by Gasteiger charge is 2.18. The van der Waals surface area contributed by atoms with Crippen LogP contribution >= 0.6 is 0 Å². The monoisotopic (exact) mass is 288 g/mol. The van der Waals surface area contributed by atoms with Crippen molar-refractivity contribution in [2.45, 2.75) is 71.4 Å². The molecular formula is C18H28N2O. The van der Waals surface area contributed by atoms with Crippen LogP contribution in [0.15, 0.2) is 18.2 Å². The Morgan fingerprint density at radius 3 is 2.62 bits per heavy atom. The van der Waals surface area contributed by atoms with Crippen LogP contribution in [0, 0.1) is 0 Å². The Kier molecular flexibility index (Phi) is 5.66. The van der Waals surface area contributed by atoms with E-state index in [4.69, 9.17) is 0 Å². The number of anilines is 1. The molecule has 0 spiro atoms. The summed E-state index contributed by atoms with van der Waals surface area (Å²) in [4.78, 5) is 12.3. The van der Waals surface area contributed by atoms with Crippen molar-refractivity contribution >= 4 is 11.6 Å². The van der Waals surface area contributed by atoms with E-state index in [1.54, 1.807) is 0 Å². The molecule has 21 heavy (non-hydrogen) atoms. The van der Waals surface area contributed by atoms with Crippen molar-refractivity contribution in [1.82, 2.24) is 5.32 Å². The van der Waals surface area contributed by atoms with Crippen molar-refractivity contribution in [3.8, 4) is 0 Å². The summed E-state index contributed by atoms with van der Waals surface area (Å²) in [7, 11) is 0. The summed E-state index contributed by atoms with van der Waals surface area (Å²) in [5, 5.41) is 6.53. The molecule has 0 aliphatic heterocycles. The molecule has 1 amide bonds. The molecule has 2 N–H and O–H groups in total. The fraction of sp³-hybridized carbons (Fsp3) is 0.611. The van der Waals surface area contributed by atoms with Gasteiger partial charge < -0.3 is 10.6 Å². The van der Waals surface area contributed by atoms with Gasteiger partial charge in [-0.25, -0.2) is 0 Å². The molecule has 1 aromatic rings. The molecule has 0 fully saturated rings. The molecule has 2 rings (SSSR count). The van der Waals surface area contributed by atoms with Crippen molar-refractivity contribution in [3.63, 3.8) is 0 Å². The van der Waals surface area contributed by atoms with E-state index >= 15 is 0 Å². The molecule has 1 atom stereocenters. The smallest absolute Gasteiger partial charge is 0.242 e. The Morgan fingerprint density at radius 2 is 1.90 bits per heavy atom. The number of benzene rings is 1. The minimum Gasteiger partial charge on any atom is -0.374 e. The van der Waals surface area contributed by atoms with E-state index in [2.05, 4.69) is 42.7 Å². The molecule has 0 aromatic heterocycles. The Morgan fingerprint density at radius 1 is 1.19 bits per heavy atom. The van der Waals surface area contributed by atoms with Gasteiger partial charge in [0.2, 0.25) is 5.91 Å². The van der Waals surface area contributed by atoms with Crippen LogP contribution in [-0.2, 0) is 17.6 Å². The molecule has 1 unspecified atom stereocenters. The van der Waals surface area contributed by atoms with E-state index in [0.717, 1.165) is 24.9 Å². The third kappa shape index (κ3) is 3.99. The molecule has 1 aromatic carbocycles. The number of carbonyl (C=O) groups excluding carboxylic acids is 1. The van der Waals surface area contributed by atoms with Crippen LogP contribution in [0.25, 0.3) is 0 Å². The maximum atomic E-state index is 12.3. The zero-order valence-electron chi connectivity index (χ0n) is 13.5. The first kappa shape index (κ1) is 15.9. The van der Waals surface area contributed by atoms with Gasteiger partial charge in [0.1, 0.15) is 6.04 Å². The third-order valence-electron chi connectivity index (χ3n) is 4.49. The maximum Gasteiger partial charge on any atom is 0.242 e. The molecule has 1 aliphatic rings. The lowest BCUT2D eigenvalue weighted by molar-refractivity contribution is -0.122. The van der Waals surface area contributed by atoms with Gasteiger partial charge in [0.05, 0.1) is 0 Å². The molecule has 3 heteroatoms. The molecular weight excluding hydrogens is 260 g/mol. The third-order valence-corrected chi connectivity index (χ3v) is 4.49. The van der Waals surface area contributed by atoms with Crippen molar-refractivity contribution in [1.29, 1.82) is 0 Å². The number of hydrogen-bond donors (Lipinski definition) is 2. The molecule has 1 aliphatic carbocycles. The first-order valence-corrected chi connectivity index (χ1v) is 8.33. The molecule has 116 valence electrons. The number of carbonyl (C=O) groups is 1. The SMILES string of the molecule is CCC(CC)NC(=O)C(C)Nc1cccc2c1CCCC2. The van der Waals surface area contributed by atoms with Crippen LogP contribution in [0.1, 0.15) is 57.6 Å². The minimum atomic E-state index is -0.195. The first-order valence-electron chi connectivity index (χ1n) is 8.33. The Hall–Kier alpha value is -1.51. The number of aryl methyl sites for hydroxylation is 1. The quantitative estimate of drug-likeness (QED) is 0.838. The molecule has 0 bridgehead atoms. The number of nitrogens with one attached hydrogen (secondary N) is 2. The van der Waals surface area contributed by atoms with Gasteiger partial charge in [-0.05, 0) is 62.6 Å². The predicted octanol–water partition coefficient (Wildman–Crippen LogP) is 3.67. The second-order valence-corrected chi connectivity index (χ2v) is 6.04. The lowest BCUT2D eigenvalue weighted by atomic mass is 9.90. The number of hydrogen-bond acceptors (Lipinski definition) is 2. The topological polar surface area (TPSA) is 41.1 Å². The van der Waals surface area contributed by atoms with Crippen LogP contribution in [0.3, 0.4) is 0 Å². The van der Waals surface area contributed by atoms with Crippen LogP contribution in [0.4, 0.5) is 5.69 Å². The van der Waals surface area contributed by atoms with E-state index in [0.29, 0.717) is 0 Å². The standard InChI is InChI=1S/C18H28N2O/c1-4-15(5-2)20-18(21)13(3)19-17-12-8-10-14-9-6-7-11-16(14)17/h8,10,12-13,15,19H,4-7,9,11H2,1-3H3,(H,20,21). The average Bonchev–Trinajstić information content (AvgIpc) is 2.52. The van der Waals surface area contributed by atoms with Gasteiger partial charge in [-0.2, -0.15) is 0 Å². The van der Waals surface area contributed by atoms with Crippen molar-refractivity contribution in [3.05, 3.63) is 29.3 Å². The van der Waals surface area contributed by atoms with E-state index in [1.165, 1.54) is 30.4 Å². The van der Waals surface area contributed by atoms with E-state index < -0.39 is 0 Å². The van der Waals surface area contributed by atoms with Gasteiger partial charge in [0, 0.05) is 11.7 Å². The number of fused-ring (bicyclic) bond motifs is 1. The normalized spacial score (nSPS) is 15.4. The summed E-state index contributed by atoms with van der Waals surface area (Å²) in [5.41, 5.74) is 3.99. The van der Waals surface area contributed by atoms with Crippen molar-refractivity contribution < 1.29 is 4.79 Å². The van der Waals surface area contributed by atoms with Crippen LogP contribution in [0.5, 0.6) is 0 Å². The lowest BCUT2D eigenvalue weighted by Crippen LogP contribution is -2.43. The number of rotatable bonds is 6. The maximum absolute atomic E-state index is 12.3. The summed E-state index contributed by atoms with van der Waals surface area (Å²) in [6, 6.07) is 6.50. The second-order valence-electron chi connectivity index (χ2n) is 6.04. The molecule has 0 saturated carbocycles. The fourth-order valence-corrected chi connectivity index (χ4v) is 3.03. The molecule has 0 heterocycles. The summed E-state index contributed by atoms with van der Waals surface area (Å²) < 4.78 is 0. The van der Waals surface area contributed by atoms with Crippen molar-refractivity contribution in [2.75, 3.05) is 5.32 Å². The second kappa shape index (κ2) is 7.48. The summed E-state index contributed by atoms with van der Waals surface area (Å²) in [5.74, 6) is 0.0945. The van der Waals surface area contributed by atoms with Gasteiger partial charge in [-0.15, -0.1) is 0 Å². The first-order chi connectivity index (χ1) is 10.2. The zero-order valence-corrected chi connectivity index (χ0v) is 13.5. The minimum absolute atomic E-state index is 0.0945. The largest absolute Gasteiger partial charge is 0.374 e. The van der Waals surface area contributed by atoms with Gasteiger partial charge in [0.15, 0.2) is 0 Å². The van der Waals surface area contributed by atoms with Crippen molar-refractivity contribution in [2.24, 2.45) is 0 Å². The van der Waals surface area contributed by atoms with Gasteiger partial charge >= 0.3 is 0 Å². The molecule has 0 radical (unpaired) electrons. The zero-order chi connectivity index (χ0) is 15.2. The highest BCUT2D eigenvalue weighted by Crippen LogP contribution is 2.28. The molecule has 3 nitrogen and oxygen atoms in total. The summed E-state index contributed by atoms with van der Waals surface area (Å²) in [6.07, 6.45) is 6.78. The van der Waals surface area contributed by atoms with Crippen LogP contribution in [-0.4, -0.2) is 18.0 Å². The number of amides is 1. The Balaban J connectivity index is 2.02. The van der Waals surface area contributed by atoms with Crippen LogP contribution < -0.4 is 10.6 Å². The average molecular weight is 288 g/mol. The van der Waals surface area contributed by atoms with Crippen LogP contribution in [0.2, 0.25) is 0 Å². The highest BCUT2D eigenvalue weighted by molar-refractivity contribution is 5.84. The van der Waals surface area contributed by atoms with E-state index in [1.807, 2.05) is 6.92 Å². The Bertz CT molecular complexity index is 480. The summed E-state index contributed by atoms with van der Waals surface area (Å²) in [6.45, 7) is 6.17. The summed E-state index contributed by atoms with van der Waals surface area (Å²) >= 11 is 0. The fourth-order valence-electron chi connectivity index (χ4n) is 3.03. The molecule has 0 saturated heterocycles.